The second-order valence-electron chi connectivity index (χ2n) is 4.14. The van der Waals surface area contributed by atoms with E-state index in [0.29, 0.717) is 18.1 Å². The Hall–Kier alpha value is 0.190. The van der Waals surface area contributed by atoms with Crippen molar-refractivity contribution in [2.24, 2.45) is 5.92 Å². The zero-order valence-electron chi connectivity index (χ0n) is 9.57. The number of nitrogens with one attached hydrogen (secondary N) is 1. The molecule has 3 nitrogen and oxygen atoms in total. The quantitative estimate of drug-likeness (QED) is 0.615. The first-order valence-electron chi connectivity index (χ1n) is 5.64. The summed E-state index contributed by atoms with van der Waals surface area (Å²) in [7, 11) is -2.75. The van der Waals surface area contributed by atoms with E-state index in [2.05, 4.69) is 12.2 Å². The van der Waals surface area contributed by atoms with Crippen molar-refractivity contribution in [2.45, 2.75) is 26.2 Å². The molecule has 1 aliphatic rings. The van der Waals surface area contributed by atoms with Crippen LogP contribution in [0.3, 0.4) is 0 Å². The molecule has 1 atom stereocenters. The molecule has 0 bridgehead atoms. The highest BCUT2D eigenvalue weighted by atomic mass is 32.2. The van der Waals surface area contributed by atoms with Crippen molar-refractivity contribution in [3.8, 4) is 0 Å². The molecule has 0 aliphatic carbocycles. The van der Waals surface area contributed by atoms with Gasteiger partial charge in [-0.05, 0) is 18.8 Å². The van der Waals surface area contributed by atoms with Crippen LogP contribution in [0.15, 0.2) is 0 Å². The molecular formula is C10H19NO2S3. The van der Waals surface area contributed by atoms with Gasteiger partial charge in [0, 0.05) is 12.3 Å². The van der Waals surface area contributed by atoms with Gasteiger partial charge < -0.3 is 5.32 Å². The Labute approximate surface area is 108 Å². The van der Waals surface area contributed by atoms with Gasteiger partial charge in [0.25, 0.3) is 0 Å². The van der Waals surface area contributed by atoms with Gasteiger partial charge in [-0.2, -0.15) is 0 Å². The Morgan fingerprint density at radius 2 is 2.31 bits per heavy atom. The SMILES string of the molecule is CCCCSC(=S)NC[C@@H]1CCS(=O)(=O)C1. The molecule has 0 aromatic heterocycles. The van der Waals surface area contributed by atoms with Crippen LogP contribution in [-0.4, -0.2) is 36.5 Å². The molecule has 0 unspecified atom stereocenters. The third-order valence-electron chi connectivity index (χ3n) is 2.59. The number of hydrogen-bond acceptors (Lipinski definition) is 4. The van der Waals surface area contributed by atoms with E-state index in [0.717, 1.165) is 16.5 Å². The van der Waals surface area contributed by atoms with Crippen LogP contribution in [0.5, 0.6) is 0 Å². The average molecular weight is 281 g/mol. The smallest absolute Gasteiger partial charge is 0.150 e. The molecule has 0 spiro atoms. The third kappa shape index (κ3) is 5.50. The first-order valence-corrected chi connectivity index (χ1v) is 8.86. The first kappa shape index (κ1) is 14.3. The van der Waals surface area contributed by atoms with E-state index in [1.165, 1.54) is 12.8 Å². The van der Waals surface area contributed by atoms with Gasteiger partial charge in [-0.25, -0.2) is 8.42 Å². The predicted octanol–water partition coefficient (Wildman–Crippen LogP) is 1.83. The van der Waals surface area contributed by atoms with E-state index in [-0.39, 0.29) is 5.92 Å². The molecule has 1 heterocycles. The van der Waals surface area contributed by atoms with Gasteiger partial charge >= 0.3 is 0 Å². The van der Waals surface area contributed by atoms with Crippen LogP contribution in [0.2, 0.25) is 0 Å². The van der Waals surface area contributed by atoms with Crippen LogP contribution in [-0.2, 0) is 9.84 Å². The van der Waals surface area contributed by atoms with E-state index in [1.807, 2.05) is 0 Å². The Balaban J connectivity index is 2.13. The van der Waals surface area contributed by atoms with Crippen molar-refractivity contribution < 1.29 is 8.42 Å². The molecule has 0 radical (unpaired) electrons. The van der Waals surface area contributed by atoms with Crippen LogP contribution in [0.4, 0.5) is 0 Å². The largest absolute Gasteiger partial charge is 0.371 e. The Morgan fingerprint density at radius 3 is 2.88 bits per heavy atom. The lowest BCUT2D eigenvalue weighted by Gasteiger charge is -2.10. The molecule has 1 fully saturated rings. The fourth-order valence-electron chi connectivity index (χ4n) is 1.62. The standard InChI is InChI=1S/C10H19NO2S3/c1-2-3-5-15-10(14)11-7-9-4-6-16(12,13)8-9/h9H,2-8H2,1H3,(H,11,14)/t9-/m0/s1. The Morgan fingerprint density at radius 1 is 1.56 bits per heavy atom. The van der Waals surface area contributed by atoms with Crippen LogP contribution in [0, 0.1) is 5.92 Å². The first-order chi connectivity index (χ1) is 7.53. The molecule has 1 aliphatic heterocycles. The molecule has 16 heavy (non-hydrogen) atoms. The molecule has 1 rings (SSSR count). The second-order valence-corrected chi connectivity index (χ2v) is 8.14. The highest BCUT2D eigenvalue weighted by Gasteiger charge is 2.27. The van der Waals surface area contributed by atoms with Crippen LogP contribution >= 0.6 is 24.0 Å². The second kappa shape index (κ2) is 6.81. The summed E-state index contributed by atoms with van der Waals surface area (Å²) in [4.78, 5) is 0. The van der Waals surface area contributed by atoms with Gasteiger partial charge in [-0.3, -0.25) is 0 Å². The number of sulfone groups is 1. The van der Waals surface area contributed by atoms with Crippen molar-refractivity contribution >= 4 is 38.1 Å². The Kier molecular flexibility index (Phi) is 6.07. The number of rotatable bonds is 5. The fourth-order valence-corrected chi connectivity index (χ4v) is 4.62. The van der Waals surface area contributed by atoms with Crippen molar-refractivity contribution in [2.75, 3.05) is 23.8 Å². The zero-order chi connectivity index (χ0) is 12.0. The molecule has 94 valence electrons. The molecular weight excluding hydrogens is 262 g/mol. The van der Waals surface area contributed by atoms with Gasteiger partial charge in [0.15, 0.2) is 9.84 Å². The van der Waals surface area contributed by atoms with E-state index in [1.54, 1.807) is 11.8 Å². The minimum atomic E-state index is -2.75. The summed E-state index contributed by atoms with van der Waals surface area (Å²) < 4.78 is 23.3. The lowest BCUT2D eigenvalue weighted by atomic mass is 10.1. The summed E-state index contributed by atoms with van der Waals surface area (Å²) in [5, 5.41) is 3.15. The maximum atomic E-state index is 11.2. The summed E-state index contributed by atoms with van der Waals surface area (Å²) in [5.41, 5.74) is 0. The van der Waals surface area contributed by atoms with Gasteiger partial charge in [0.1, 0.15) is 4.32 Å². The van der Waals surface area contributed by atoms with Crippen molar-refractivity contribution in [1.29, 1.82) is 0 Å². The zero-order valence-corrected chi connectivity index (χ0v) is 12.0. The van der Waals surface area contributed by atoms with E-state index >= 15 is 0 Å². The summed E-state index contributed by atoms with van der Waals surface area (Å²) in [6.07, 6.45) is 3.12. The van der Waals surface area contributed by atoms with Crippen molar-refractivity contribution in [3.05, 3.63) is 0 Å². The minimum absolute atomic E-state index is 0.245. The summed E-state index contributed by atoms with van der Waals surface area (Å²) in [6.45, 7) is 2.86. The summed E-state index contributed by atoms with van der Waals surface area (Å²) in [6, 6.07) is 0. The number of unbranched alkanes of at least 4 members (excludes halogenated alkanes) is 1. The Bertz CT molecular complexity index is 327. The number of hydrogen-bond donors (Lipinski definition) is 1. The summed E-state index contributed by atoms with van der Waals surface area (Å²) >= 11 is 6.82. The van der Waals surface area contributed by atoms with Crippen molar-refractivity contribution in [3.63, 3.8) is 0 Å². The van der Waals surface area contributed by atoms with Crippen molar-refractivity contribution in [1.82, 2.24) is 5.32 Å². The monoisotopic (exact) mass is 281 g/mol. The molecule has 6 heteroatoms. The minimum Gasteiger partial charge on any atom is -0.371 e. The van der Waals surface area contributed by atoms with E-state index < -0.39 is 9.84 Å². The molecule has 0 saturated carbocycles. The van der Waals surface area contributed by atoms with E-state index in [9.17, 15) is 8.42 Å². The molecule has 0 aromatic carbocycles. The number of thioether (sulfide) groups is 1. The fraction of sp³-hybridized carbons (Fsp3) is 0.900. The highest BCUT2D eigenvalue weighted by molar-refractivity contribution is 8.22. The van der Waals surface area contributed by atoms with Gasteiger partial charge in [-0.15, -0.1) is 0 Å². The van der Waals surface area contributed by atoms with Gasteiger partial charge in [-0.1, -0.05) is 37.3 Å². The van der Waals surface area contributed by atoms with Crippen LogP contribution in [0.25, 0.3) is 0 Å². The van der Waals surface area contributed by atoms with E-state index in [4.69, 9.17) is 12.2 Å². The molecule has 0 amide bonds. The number of thiocarbonyl (C=S) groups is 1. The van der Waals surface area contributed by atoms with Crippen LogP contribution in [0.1, 0.15) is 26.2 Å². The maximum absolute atomic E-state index is 11.2. The van der Waals surface area contributed by atoms with Gasteiger partial charge in [0.05, 0.1) is 11.5 Å². The van der Waals surface area contributed by atoms with Gasteiger partial charge in [0.2, 0.25) is 0 Å². The predicted molar refractivity (Wildman–Crippen MR) is 74.7 cm³/mol. The molecule has 1 N–H and O–H groups in total. The average Bonchev–Trinajstić information content (AvgIpc) is 2.56. The summed E-state index contributed by atoms with van der Waals surface area (Å²) in [5.74, 6) is 1.96. The molecule has 1 saturated heterocycles. The normalized spacial score (nSPS) is 23.2. The topological polar surface area (TPSA) is 46.2 Å². The van der Waals surface area contributed by atoms with Crippen LogP contribution < -0.4 is 5.32 Å². The lowest BCUT2D eigenvalue weighted by Crippen LogP contribution is -2.26. The lowest BCUT2D eigenvalue weighted by molar-refractivity contribution is 0.575. The third-order valence-corrected chi connectivity index (χ3v) is 5.83. The molecule has 0 aromatic rings. The maximum Gasteiger partial charge on any atom is 0.150 e. The highest BCUT2D eigenvalue weighted by Crippen LogP contribution is 2.17.